The molecule has 8 nitrogen and oxygen atoms in total. The molecule has 2 atom stereocenters. The van der Waals surface area contributed by atoms with E-state index in [-0.39, 0.29) is 23.7 Å². The highest BCUT2D eigenvalue weighted by Crippen LogP contribution is 2.40. The number of carbonyl (C=O) groups is 2. The minimum absolute atomic E-state index is 0.0652. The Kier molecular flexibility index (Phi) is 6.10. The molecule has 2 heterocycles. The van der Waals surface area contributed by atoms with Crippen LogP contribution in [0.4, 0.5) is 0 Å². The Bertz CT molecular complexity index is 914. The second-order valence-electron chi connectivity index (χ2n) is 7.80. The van der Waals surface area contributed by atoms with E-state index < -0.39 is 0 Å². The number of amides is 1. The Morgan fingerprint density at radius 2 is 1.97 bits per heavy atom. The van der Waals surface area contributed by atoms with Crippen LogP contribution in [0.3, 0.4) is 0 Å². The van der Waals surface area contributed by atoms with E-state index in [1.54, 1.807) is 4.68 Å². The summed E-state index contributed by atoms with van der Waals surface area (Å²) in [5.74, 6) is -0.203. The third kappa shape index (κ3) is 4.36. The summed E-state index contributed by atoms with van der Waals surface area (Å²) in [6.07, 6.45) is 0.764. The number of hydrogen-bond donors (Lipinski definition) is 0. The van der Waals surface area contributed by atoms with Gasteiger partial charge in [-0.1, -0.05) is 0 Å². The van der Waals surface area contributed by atoms with Crippen molar-refractivity contribution in [1.82, 2.24) is 24.5 Å². The normalized spacial score (nSPS) is 18.0. The highest BCUT2D eigenvalue weighted by atomic mass is 16.5. The first-order valence-electron chi connectivity index (χ1n) is 10.3. The van der Waals surface area contributed by atoms with Crippen molar-refractivity contribution in [2.24, 2.45) is 18.9 Å². The first-order chi connectivity index (χ1) is 13.8. The van der Waals surface area contributed by atoms with Crippen LogP contribution in [0.25, 0.3) is 0 Å². The van der Waals surface area contributed by atoms with E-state index in [1.165, 1.54) is 0 Å². The highest BCUT2D eigenvalue weighted by Gasteiger charge is 2.45. The maximum atomic E-state index is 13.5. The van der Waals surface area contributed by atoms with Crippen molar-refractivity contribution in [3.8, 4) is 0 Å². The fourth-order valence-corrected chi connectivity index (χ4v) is 3.85. The van der Waals surface area contributed by atoms with Crippen molar-refractivity contribution < 1.29 is 14.3 Å². The Balaban J connectivity index is 1.85. The van der Waals surface area contributed by atoms with Crippen molar-refractivity contribution in [2.45, 2.75) is 54.1 Å². The number of aryl methyl sites for hydroxylation is 4. The summed E-state index contributed by atoms with van der Waals surface area (Å²) in [7, 11) is 1.91. The molecule has 1 fully saturated rings. The van der Waals surface area contributed by atoms with Crippen molar-refractivity contribution >= 4 is 11.9 Å². The molecule has 8 heteroatoms. The smallest absolute Gasteiger partial charge is 0.309 e. The second kappa shape index (κ2) is 8.39. The number of esters is 1. The summed E-state index contributed by atoms with van der Waals surface area (Å²) in [6.45, 7) is 11.6. The molecule has 0 saturated heterocycles. The van der Waals surface area contributed by atoms with Crippen LogP contribution in [0.1, 0.15) is 53.4 Å². The van der Waals surface area contributed by atoms with Gasteiger partial charge < -0.3 is 9.64 Å². The summed E-state index contributed by atoms with van der Waals surface area (Å²) in [6, 6.07) is 1.83. The van der Waals surface area contributed by atoms with Crippen LogP contribution in [-0.4, -0.2) is 49.5 Å². The minimum Gasteiger partial charge on any atom is -0.466 e. The average molecular weight is 402 g/mol. The predicted molar refractivity (Wildman–Crippen MR) is 108 cm³/mol. The van der Waals surface area contributed by atoms with Gasteiger partial charge in [0.05, 0.1) is 23.9 Å². The molecular weight excluding hydrogens is 370 g/mol. The molecule has 1 saturated carbocycles. The van der Waals surface area contributed by atoms with Gasteiger partial charge >= 0.3 is 5.97 Å². The summed E-state index contributed by atoms with van der Waals surface area (Å²) in [4.78, 5) is 27.4. The van der Waals surface area contributed by atoms with E-state index in [9.17, 15) is 9.59 Å². The van der Waals surface area contributed by atoms with Gasteiger partial charge in [-0.2, -0.15) is 10.2 Å². The van der Waals surface area contributed by atoms with Gasteiger partial charge in [-0.25, -0.2) is 0 Å². The maximum absolute atomic E-state index is 13.5. The van der Waals surface area contributed by atoms with Gasteiger partial charge in [0.25, 0.3) is 5.91 Å². The lowest BCUT2D eigenvalue weighted by Gasteiger charge is -2.23. The van der Waals surface area contributed by atoms with Gasteiger partial charge in [-0.3, -0.25) is 19.0 Å². The first-order valence-corrected chi connectivity index (χ1v) is 10.3. The van der Waals surface area contributed by atoms with Crippen molar-refractivity contribution in [1.29, 1.82) is 0 Å². The molecule has 1 aliphatic carbocycles. The van der Waals surface area contributed by atoms with Crippen LogP contribution in [0.2, 0.25) is 0 Å². The molecule has 0 radical (unpaired) electrons. The Morgan fingerprint density at radius 3 is 2.55 bits per heavy atom. The van der Waals surface area contributed by atoms with Crippen molar-refractivity contribution in [2.75, 3.05) is 13.2 Å². The van der Waals surface area contributed by atoms with Gasteiger partial charge in [-0.15, -0.1) is 0 Å². The molecule has 0 unspecified atom stereocenters. The van der Waals surface area contributed by atoms with E-state index in [2.05, 4.69) is 10.2 Å². The molecule has 0 spiro atoms. The third-order valence-electron chi connectivity index (χ3n) is 5.68. The lowest BCUT2D eigenvalue weighted by molar-refractivity contribution is -0.145. The van der Waals surface area contributed by atoms with Crippen molar-refractivity contribution in [3.63, 3.8) is 0 Å². The summed E-state index contributed by atoms with van der Waals surface area (Å²) < 4.78 is 8.73. The molecule has 2 aromatic rings. The van der Waals surface area contributed by atoms with Crippen LogP contribution >= 0.6 is 0 Å². The number of rotatable bonds is 8. The molecule has 29 heavy (non-hydrogen) atoms. The number of carbonyl (C=O) groups excluding carboxylic acids is 2. The molecular formula is C21H31N5O3. The Morgan fingerprint density at radius 1 is 1.24 bits per heavy atom. The highest BCUT2D eigenvalue weighted by molar-refractivity contribution is 5.93. The molecule has 0 aliphatic heterocycles. The van der Waals surface area contributed by atoms with Gasteiger partial charge in [0.2, 0.25) is 0 Å². The molecule has 2 aromatic heterocycles. The van der Waals surface area contributed by atoms with E-state index in [1.807, 2.05) is 57.3 Å². The maximum Gasteiger partial charge on any atom is 0.309 e. The lowest BCUT2D eigenvalue weighted by Crippen LogP contribution is -2.35. The molecule has 3 rings (SSSR count). The minimum atomic E-state index is -0.159. The zero-order valence-corrected chi connectivity index (χ0v) is 18.2. The lowest BCUT2D eigenvalue weighted by atomic mass is 10.1. The van der Waals surface area contributed by atoms with Crippen LogP contribution < -0.4 is 0 Å². The largest absolute Gasteiger partial charge is 0.466 e. The molecule has 0 N–H and O–H groups in total. The number of ether oxygens (including phenoxy) is 1. The van der Waals surface area contributed by atoms with E-state index in [0.29, 0.717) is 31.9 Å². The SMILES string of the molecule is CCOC(=O)[C@H]1C[C@@H]1CN(Cc1c(C)nn(C)c1C)C(=O)c1cc(C)nn1CC. The average Bonchev–Trinajstić information content (AvgIpc) is 3.28. The molecule has 1 aliphatic rings. The second-order valence-corrected chi connectivity index (χ2v) is 7.80. The standard InChI is InChI=1S/C21H31N5O3/c1-7-26-19(9-13(3)22-26)20(27)25(11-16-10-17(16)21(28)29-8-2)12-18-14(4)23-24(6)15(18)5/h9,16-17H,7-8,10-12H2,1-6H3/t16-,17+/m1/s1. The quantitative estimate of drug-likeness (QED) is 0.635. The van der Waals surface area contributed by atoms with Crippen LogP contribution in [0, 0.1) is 32.6 Å². The third-order valence-corrected chi connectivity index (χ3v) is 5.68. The fraction of sp³-hybridized carbons (Fsp3) is 0.619. The van der Waals surface area contributed by atoms with E-state index in [0.717, 1.165) is 29.1 Å². The Hall–Kier alpha value is -2.64. The van der Waals surface area contributed by atoms with Gasteiger partial charge in [0.15, 0.2) is 0 Å². The first kappa shape index (κ1) is 21.1. The van der Waals surface area contributed by atoms with Crippen LogP contribution in [0.15, 0.2) is 6.07 Å². The van der Waals surface area contributed by atoms with Gasteiger partial charge in [-0.05, 0) is 53.0 Å². The molecule has 0 bridgehead atoms. The molecule has 0 aromatic carbocycles. The summed E-state index contributed by atoms with van der Waals surface area (Å²) in [5, 5.41) is 8.90. The van der Waals surface area contributed by atoms with Crippen molar-refractivity contribution in [3.05, 3.63) is 34.4 Å². The number of nitrogens with zero attached hydrogens (tertiary/aromatic N) is 5. The molecule has 158 valence electrons. The zero-order chi connectivity index (χ0) is 21.3. The van der Waals surface area contributed by atoms with E-state index in [4.69, 9.17) is 4.74 Å². The number of hydrogen-bond acceptors (Lipinski definition) is 5. The van der Waals surface area contributed by atoms with Crippen LogP contribution in [0.5, 0.6) is 0 Å². The fourth-order valence-electron chi connectivity index (χ4n) is 3.85. The monoisotopic (exact) mass is 401 g/mol. The molecule has 1 amide bonds. The Labute approximate surface area is 171 Å². The van der Waals surface area contributed by atoms with Gasteiger partial charge in [0.1, 0.15) is 5.69 Å². The topological polar surface area (TPSA) is 82.2 Å². The summed E-state index contributed by atoms with van der Waals surface area (Å²) in [5.41, 5.74) is 4.41. The van der Waals surface area contributed by atoms with Crippen LogP contribution in [-0.2, 0) is 29.7 Å². The number of aromatic nitrogens is 4. The predicted octanol–water partition coefficient (Wildman–Crippen LogP) is 2.40. The zero-order valence-electron chi connectivity index (χ0n) is 18.2. The van der Waals surface area contributed by atoms with E-state index >= 15 is 0 Å². The van der Waals surface area contributed by atoms with Gasteiger partial charge in [0, 0.05) is 37.9 Å². The summed E-state index contributed by atoms with van der Waals surface area (Å²) >= 11 is 0.